The number of fused-ring (bicyclic) bond motifs is 1. The van der Waals surface area contributed by atoms with Crippen molar-refractivity contribution in [2.45, 2.75) is 20.4 Å². The zero-order valence-electron chi connectivity index (χ0n) is 10.8. The Balaban J connectivity index is 2.70. The van der Waals surface area contributed by atoms with Gasteiger partial charge in [0.2, 0.25) is 11.6 Å². The number of ether oxygens (including phenoxy) is 1. The van der Waals surface area contributed by atoms with Gasteiger partial charge in [-0.25, -0.2) is 0 Å². The Labute approximate surface area is 109 Å². The van der Waals surface area contributed by atoms with Crippen LogP contribution in [0.5, 0.6) is 0 Å². The number of Topliss-reactive ketones (excluding diaryl/α,β-unsaturated/α-hetero) is 1. The minimum Gasteiger partial charge on any atom is -0.492 e. The largest absolute Gasteiger partial charge is 0.492 e. The van der Waals surface area contributed by atoms with Crippen molar-refractivity contribution in [2.24, 2.45) is 0 Å². The first kappa shape index (κ1) is 13.1. The number of ketones is 2. The number of carboxylic acid groups (broad SMARTS) is 1. The molecule has 19 heavy (non-hydrogen) atoms. The van der Waals surface area contributed by atoms with Crippen molar-refractivity contribution < 1.29 is 24.2 Å². The van der Waals surface area contributed by atoms with E-state index in [4.69, 9.17) is 9.84 Å². The van der Waals surface area contributed by atoms with E-state index < -0.39 is 11.8 Å². The van der Waals surface area contributed by atoms with Crippen molar-refractivity contribution in [1.82, 2.24) is 4.57 Å². The van der Waals surface area contributed by atoms with E-state index in [9.17, 15) is 14.4 Å². The molecule has 6 nitrogen and oxygen atoms in total. The maximum Gasteiger partial charge on any atom is 0.323 e. The van der Waals surface area contributed by atoms with Gasteiger partial charge in [0.15, 0.2) is 5.76 Å². The molecular weight excluding hydrogens is 250 g/mol. The average molecular weight is 263 g/mol. The normalized spacial score (nSPS) is 14.2. The van der Waals surface area contributed by atoms with Crippen LogP contribution in [-0.4, -0.2) is 34.3 Å². The lowest BCUT2D eigenvalue weighted by Crippen LogP contribution is -2.22. The summed E-state index contributed by atoms with van der Waals surface area (Å²) in [5.41, 5.74) is 1.57. The smallest absolute Gasteiger partial charge is 0.323 e. The Hall–Kier alpha value is -2.37. The lowest BCUT2D eigenvalue weighted by molar-refractivity contribution is -0.137. The topological polar surface area (TPSA) is 85.6 Å². The second-order valence-corrected chi connectivity index (χ2v) is 4.32. The van der Waals surface area contributed by atoms with E-state index in [1.165, 1.54) is 11.7 Å². The maximum atomic E-state index is 12.2. The van der Waals surface area contributed by atoms with Gasteiger partial charge in [0.25, 0.3) is 0 Å². The Bertz CT molecular complexity index is 636. The summed E-state index contributed by atoms with van der Waals surface area (Å²) in [6, 6.07) is 0. The van der Waals surface area contributed by atoms with E-state index in [-0.39, 0.29) is 29.3 Å². The van der Waals surface area contributed by atoms with Crippen LogP contribution < -0.4 is 0 Å². The van der Waals surface area contributed by atoms with Gasteiger partial charge < -0.3 is 14.4 Å². The van der Waals surface area contributed by atoms with E-state index in [1.807, 2.05) is 0 Å². The van der Waals surface area contributed by atoms with Crippen molar-refractivity contribution in [3.63, 3.8) is 0 Å². The van der Waals surface area contributed by atoms with Crippen molar-refractivity contribution >= 4 is 17.5 Å². The first-order valence-corrected chi connectivity index (χ1v) is 5.64. The molecule has 0 saturated carbocycles. The van der Waals surface area contributed by atoms with E-state index in [2.05, 4.69) is 0 Å². The maximum absolute atomic E-state index is 12.2. The number of hydrogen-bond acceptors (Lipinski definition) is 4. The molecule has 0 unspecified atom stereocenters. The molecule has 0 atom stereocenters. The van der Waals surface area contributed by atoms with Gasteiger partial charge in [0.1, 0.15) is 12.2 Å². The Morgan fingerprint density at radius 1 is 1.37 bits per heavy atom. The van der Waals surface area contributed by atoms with Crippen LogP contribution in [0.25, 0.3) is 0 Å². The molecule has 0 bridgehead atoms. The van der Waals surface area contributed by atoms with Crippen molar-refractivity contribution in [3.8, 4) is 0 Å². The third-order valence-corrected chi connectivity index (χ3v) is 3.29. The molecule has 0 radical (unpaired) electrons. The average Bonchev–Trinajstić information content (AvgIpc) is 2.59. The van der Waals surface area contributed by atoms with Crippen LogP contribution in [0.4, 0.5) is 0 Å². The molecule has 1 N–H and O–H groups in total. The minimum atomic E-state index is -1.07. The number of nitrogens with zero attached hydrogens (tertiary/aromatic N) is 1. The molecule has 1 heterocycles. The first-order chi connectivity index (χ1) is 8.88. The molecule has 0 fully saturated rings. The lowest BCUT2D eigenvalue weighted by Gasteiger charge is -2.13. The molecule has 1 aromatic rings. The fraction of sp³-hybridized carbons (Fsp3) is 0.308. The van der Waals surface area contributed by atoms with Crippen LogP contribution in [0.2, 0.25) is 0 Å². The van der Waals surface area contributed by atoms with Crippen LogP contribution in [0.3, 0.4) is 0 Å². The van der Waals surface area contributed by atoms with Crippen LogP contribution in [0, 0.1) is 13.8 Å². The van der Waals surface area contributed by atoms with Gasteiger partial charge in [-0.3, -0.25) is 14.4 Å². The number of methoxy groups -OCH3 is 1. The number of carbonyl (C=O) groups excluding carboxylic acids is 2. The van der Waals surface area contributed by atoms with Gasteiger partial charge in [-0.1, -0.05) is 0 Å². The van der Waals surface area contributed by atoms with Crippen molar-refractivity contribution in [2.75, 3.05) is 7.11 Å². The predicted octanol–water partition coefficient (Wildman–Crippen LogP) is 1.10. The molecule has 1 aromatic heterocycles. The molecule has 0 saturated heterocycles. The zero-order valence-corrected chi connectivity index (χ0v) is 10.8. The Morgan fingerprint density at radius 3 is 2.53 bits per heavy atom. The van der Waals surface area contributed by atoms with Gasteiger partial charge in [-0.2, -0.15) is 0 Å². The molecule has 2 rings (SSSR count). The minimum absolute atomic E-state index is 0.0203. The second-order valence-electron chi connectivity index (χ2n) is 4.32. The molecule has 100 valence electrons. The molecular formula is C13H13NO5. The number of aliphatic carboxylic acids is 1. The van der Waals surface area contributed by atoms with Crippen LogP contribution >= 0.6 is 0 Å². The quantitative estimate of drug-likeness (QED) is 0.882. The first-order valence-electron chi connectivity index (χ1n) is 5.64. The number of hydrogen-bond donors (Lipinski definition) is 1. The molecule has 0 aromatic carbocycles. The third-order valence-electron chi connectivity index (χ3n) is 3.29. The lowest BCUT2D eigenvalue weighted by atomic mass is 9.97. The highest BCUT2D eigenvalue weighted by Crippen LogP contribution is 2.29. The summed E-state index contributed by atoms with van der Waals surface area (Å²) in [4.78, 5) is 35.1. The summed E-state index contributed by atoms with van der Waals surface area (Å²) in [6.07, 6.45) is 1.10. The zero-order chi connectivity index (χ0) is 14.3. The van der Waals surface area contributed by atoms with Gasteiger partial charge >= 0.3 is 5.97 Å². The fourth-order valence-corrected chi connectivity index (χ4v) is 2.26. The molecule has 1 aliphatic rings. The van der Waals surface area contributed by atoms with E-state index in [1.54, 1.807) is 13.8 Å². The number of carbonyl (C=O) groups is 3. The molecule has 6 heteroatoms. The number of allylic oxidation sites excluding steroid dienone is 2. The number of carboxylic acids is 1. The highest BCUT2D eigenvalue weighted by Gasteiger charge is 2.33. The molecule has 0 aliphatic heterocycles. The van der Waals surface area contributed by atoms with Crippen LogP contribution in [0.15, 0.2) is 11.8 Å². The Kier molecular flexibility index (Phi) is 3.01. The third kappa shape index (κ3) is 1.85. The summed E-state index contributed by atoms with van der Waals surface area (Å²) < 4.78 is 6.24. The highest BCUT2D eigenvalue weighted by molar-refractivity contribution is 6.24. The van der Waals surface area contributed by atoms with Gasteiger partial charge in [-0.05, 0) is 19.4 Å². The standard InChI is InChI=1S/C13H13NO5/c1-6-7(2)14(5-10(16)17)12-8(15)4-9(19-3)13(18)11(6)12/h4H,5H2,1-3H3,(H,16,17). The van der Waals surface area contributed by atoms with Crippen LogP contribution in [0.1, 0.15) is 32.1 Å². The number of aromatic nitrogens is 1. The summed E-state index contributed by atoms with van der Waals surface area (Å²) in [6.45, 7) is 3.02. The Morgan fingerprint density at radius 2 is 2.00 bits per heavy atom. The summed E-state index contributed by atoms with van der Waals surface area (Å²) in [5, 5.41) is 8.90. The van der Waals surface area contributed by atoms with Crippen molar-refractivity contribution in [3.05, 3.63) is 34.3 Å². The van der Waals surface area contributed by atoms with Crippen LogP contribution in [-0.2, 0) is 16.1 Å². The van der Waals surface area contributed by atoms with E-state index in [0.717, 1.165) is 6.08 Å². The fourth-order valence-electron chi connectivity index (χ4n) is 2.26. The summed E-state index contributed by atoms with van der Waals surface area (Å²) >= 11 is 0. The van der Waals surface area contributed by atoms with Crippen molar-refractivity contribution in [1.29, 1.82) is 0 Å². The van der Waals surface area contributed by atoms with E-state index in [0.29, 0.717) is 11.3 Å². The molecule has 0 spiro atoms. The van der Waals surface area contributed by atoms with E-state index >= 15 is 0 Å². The van der Waals surface area contributed by atoms with Gasteiger partial charge in [0.05, 0.1) is 12.7 Å². The summed E-state index contributed by atoms with van der Waals surface area (Å²) in [5.74, 6) is -1.89. The predicted molar refractivity (Wildman–Crippen MR) is 65.3 cm³/mol. The van der Waals surface area contributed by atoms with Gasteiger partial charge in [0, 0.05) is 11.8 Å². The number of rotatable bonds is 3. The second kappa shape index (κ2) is 4.38. The summed E-state index contributed by atoms with van der Waals surface area (Å²) in [7, 11) is 1.32. The molecule has 0 amide bonds. The highest BCUT2D eigenvalue weighted by atomic mass is 16.5. The monoisotopic (exact) mass is 263 g/mol. The molecule has 1 aliphatic carbocycles. The van der Waals surface area contributed by atoms with Gasteiger partial charge in [-0.15, -0.1) is 0 Å². The SMILES string of the molecule is COC1=CC(=O)c2c(c(C)c(C)n2CC(=O)O)C1=O.